The first-order chi connectivity index (χ1) is 10.4. The van der Waals surface area contributed by atoms with Crippen molar-refractivity contribution >= 4 is 11.8 Å². The number of benzene rings is 2. The van der Waals surface area contributed by atoms with Gasteiger partial charge >= 0.3 is 5.97 Å². The smallest absolute Gasteiger partial charge is 0.347 e. The van der Waals surface area contributed by atoms with E-state index in [0.717, 1.165) is 11.1 Å². The van der Waals surface area contributed by atoms with Gasteiger partial charge in [-0.3, -0.25) is 4.79 Å². The average molecular weight is 298 g/mol. The number of ketones is 1. The van der Waals surface area contributed by atoms with Crippen LogP contribution in [0.15, 0.2) is 36.4 Å². The van der Waals surface area contributed by atoms with Crippen LogP contribution in [0.1, 0.15) is 38.8 Å². The first-order valence-corrected chi connectivity index (χ1v) is 6.91. The molecule has 114 valence electrons. The van der Waals surface area contributed by atoms with Gasteiger partial charge in [0.05, 0.1) is 12.7 Å². The molecule has 0 amide bonds. The van der Waals surface area contributed by atoms with Crippen LogP contribution in [0.25, 0.3) is 0 Å². The molecular formula is C18H18O4. The Hall–Kier alpha value is -2.62. The summed E-state index contributed by atoms with van der Waals surface area (Å²) in [5.74, 6) is 0.0391. The van der Waals surface area contributed by atoms with E-state index in [1.54, 1.807) is 30.3 Å². The molecule has 2 rings (SSSR count). The Morgan fingerprint density at radius 3 is 2.32 bits per heavy atom. The van der Waals surface area contributed by atoms with Crippen molar-refractivity contribution in [2.24, 2.45) is 0 Å². The van der Waals surface area contributed by atoms with Crippen molar-refractivity contribution in [2.75, 3.05) is 7.11 Å². The lowest BCUT2D eigenvalue weighted by atomic mass is 10.0. The number of Topliss-reactive ketones (excluding diaryl/α,β-unsaturated/α-hetero) is 1. The van der Waals surface area contributed by atoms with Crippen LogP contribution in [-0.4, -0.2) is 18.9 Å². The van der Waals surface area contributed by atoms with Gasteiger partial charge in [0, 0.05) is 0 Å². The summed E-state index contributed by atoms with van der Waals surface area (Å²) >= 11 is 0. The van der Waals surface area contributed by atoms with Gasteiger partial charge in [-0.15, -0.1) is 0 Å². The fourth-order valence-electron chi connectivity index (χ4n) is 2.31. The van der Waals surface area contributed by atoms with Crippen LogP contribution >= 0.6 is 0 Å². The minimum absolute atomic E-state index is 0.144. The average Bonchev–Trinajstić information content (AvgIpc) is 2.49. The number of ether oxygens (including phenoxy) is 2. The lowest BCUT2D eigenvalue weighted by Gasteiger charge is -2.13. The summed E-state index contributed by atoms with van der Waals surface area (Å²) in [5.41, 5.74) is 2.41. The second kappa shape index (κ2) is 6.43. The number of hydrogen-bond acceptors (Lipinski definition) is 4. The van der Waals surface area contributed by atoms with Gasteiger partial charge in [-0.2, -0.15) is 0 Å². The predicted octanol–water partition coefficient (Wildman–Crippen LogP) is 3.73. The van der Waals surface area contributed by atoms with Crippen molar-refractivity contribution < 1.29 is 19.1 Å². The summed E-state index contributed by atoms with van der Waals surface area (Å²) in [6, 6.07) is 10.4. The quantitative estimate of drug-likeness (QED) is 0.490. The number of rotatable bonds is 4. The van der Waals surface area contributed by atoms with Crippen molar-refractivity contribution in [3.8, 4) is 11.5 Å². The van der Waals surface area contributed by atoms with Gasteiger partial charge in [-0.25, -0.2) is 4.79 Å². The molecule has 0 spiro atoms. The molecule has 0 unspecified atom stereocenters. The van der Waals surface area contributed by atoms with Crippen molar-refractivity contribution in [2.45, 2.75) is 20.8 Å². The van der Waals surface area contributed by atoms with Gasteiger partial charge in [-0.05, 0) is 50.1 Å². The molecule has 0 saturated heterocycles. The van der Waals surface area contributed by atoms with E-state index in [4.69, 9.17) is 9.47 Å². The van der Waals surface area contributed by atoms with Crippen molar-refractivity contribution in [3.63, 3.8) is 0 Å². The van der Waals surface area contributed by atoms with E-state index in [2.05, 4.69) is 0 Å². The molecule has 4 heteroatoms. The third kappa shape index (κ3) is 3.17. The normalized spacial score (nSPS) is 10.2. The molecule has 4 nitrogen and oxygen atoms in total. The molecule has 0 heterocycles. The molecule has 0 saturated carbocycles. The van der Waals surface area contributed by atoms with Crippen LogP contribution in [0.4, 0.5) is 0 Å². The zero-order chi connectivity index (χ0) is 16.3. The third-order valence-corrected chi connectivity index (χ3v) is 3.32. The fraction of sp³-hybridized carbons (Fsp3) is 0.222. The molecule has 0 aliphatic carbocycles. The van der Waals surface area contributed by atoms with Gasteiger partial charge in [0.1, 0.15) is 17.1 Å². The number of para-hydroxylation sites is 1. The van der Waals surface area contributed by atoms with Crippen LogP contribution in [-0.2, 0) is 0 Å². The predicted molar refractivity (Wildman–Crippen MR) is 83.9 cm³/mol. The van der Waals surface area contributed by atoms with Crippen LogP contribution in [0, 0.1) is 13.8 Å². The Morgan fingerprint density at radius 2 is 1.68 bits per heavy atom. The van der Waals surface area contributed by atoms with E-state index >= 15 is 0 Å². The van der Waals surface area contributed by atoms with Gasteiger partial charge in [0.2, 0.25) is 0 Å². The van der Waals surface area contributed by atoms with Crippen LogP contribution in [0.3, 0.4) is 0 Å². The maximum absolute atomic E-state index is 12.4. The topological polar surface area (TPSA) is 52.6 Å². The summed E-state index contributed by atoms with van der Waals surface area (Å²) in [7, 11) is 1.49. The van der Waals surface area contributed by atoms with E-state index < -0.39 is 5.97 Å². The monoisotopic (exact) mass is 298 g/mol. The van der Waals surface area contributed by atoms with E-state index in [0.29, 0.717) is 22.6 Å². The van der Waals surface area contributed by atoms with Gasteiger partial charge < -0.3 is 9.47 Å². The largest absolute Gasteiger partial charge is 0.496 e. The first-order valence-electron chi connectivity index (χ1n) is 6.91. The Labute approximate surface area is 129 Å². The summed E-state index contributed by atoms with van der Waals surface area (Å²) in [4.78, 5) is 24.2. The molecular weight excluding hydrogens is 280 g/mol. The Morgan fingerprint density at radius 1 is 1.00 bits per heavy atom. The van der Waals surface area contributed by atoms with E-state index in [-0.39, 0.29) is 5.78 Å². The molecule has 0 aliphatic rings. The van der Waals surface area contributed by atoms with Crippen molar-refractivity contribution in [3.05, 3.63) is 58.7 Å². The standard InChI is InChI=1S/C18H18O4/c1-11-9-12(2)17(15(10-11)13(3)19)22-18(20)14-7-5-6-8-16(14)21-4/h5-10H,1-4H3. The molecule has 0 bridgehead atoms. The number of aryl methyl sites for hydroxylation is 2. The third-order valence-electron chi connectivity index (χ3n) is 3.32. The fourth-order valence-corrected chi connectivity index (χ4v) is 2.31. The van der Waals surface area contributed by atoms with Crippen LogP contribution < -0.4 is 9.47 Å². The van der Waals surface area contributed by atoms with E-state index in [1.165, 1.54) is 14.0 Å². The Balaban J connectivity index is 2.42. The number of carbonyl (C=O) groups is 2. The molecule has 2 aromatic carbocycles. The first kappa shape index (κ1) is 15.8. The number of esters is 1. The summed E-state index contributed by atoms with van der Waals surface area (Å²) in [6.07, 6.45) is 0. The number of methoxy groups -OCH3 is 1. The highest BCUT2D eigenvalue weighted by molar-refractivity contribution is 6.00. The molecule has 0 N–H and O–H groups in total. The second-order valence-corrected chi connectivity index (χ2v) is 5.10. The van der Waals surface area contributed by atoms with E-state index in [9.17, 15) is 9.59 Å². The van der Waals surface area contributed by atoms with Crippen molar-refractivity contribution in [1.29, 1.82) is 0 Å². The summed E-state index contributed by atoms with van der Waals surface area (Å²) < 4.78 is 10.6. The van der Waals surface area contributed by atoms with Crippen LogP contribution in [0.2, 0.25) is 0 Å². The van der Waals surface area contributed by atoms with Crippen LogP contribution in [0.5, 0.6) is 11.5 Å². The minimum atomic E-state index is -0.549. The zero-order valence-corrected chi connectivity index (χ0v) is 13.1. The molecule has 0 aromatic heterocycles. The maximum Gasteiger partial charge on any atom is 0.347 e. The maximum atomic E-state index is 12.4. The minimum Gasteiger partial charge on any atom is -0.496 e. The molecule has 0 radical (unpaired) electrons. The molecule has 0 atom stereocenters. The highest BCUT2D eigenvalue weighted by Gasteiger charge is 2.19. The van der Waals surface area contributed by atoms with Gasteiger partial charge in [-0.1, -0.05) is 18.2 Å². The molecule has 22 heavy (non-hydrogen) atoms. The second-order valence-electron chi connectivity index (χ2n) is 5.10. The molecule has 0 aliphatic heterocycles. The highest BCUT2D eigenvalue weighted by Crippen LogP contribution is 2.28. The lowest BCUT2D eigenvalue weighted by Crippen LogP contribution is -2.13. The summed E-state index contributed by atoms with van der Waals surface area (Å²) in [6.45, 7) is 5.16. The molecule has 2 aromatic rings. The SMILES string of the molecule is COc1ccccc1C(=O)Oc1c(C)cc(C)cc1C(C)=O. The zero-order valence-electron chi connectivity index (χ0n) is 13.1. The highest BCUT2D eigenvalue weighted by atomic mass is 16.5. The lowest BCUT2D eigenvalue weighted by molar-refractivity contribution is 0.0728. The van der Waals surface area contributed by atoms with Gasteiger partial charge in [0.25, 0.3) is 0 Å². The summed E-state index contributed by atoms with van der Waals surface area (Å²) in [5, 5.41) is 0. The van der Waals surface area contributed by atoms with Crippen molar-refractivity contribution in [1.82, 2.24) is 0 Å². The Bertz CT molecular complexity index is 732. The molecule has 0 fully saturated rings. The number of carbonyl (C=O) groups excluding carboxylic acids is 2. The number of hydrogen-bond donors (Lipinski definition) is 0. The van der Waals surface area contributed by atoms with E-state index in [1.807, 2.05) is 19.9 Å². The Kier molecular flexibility index (Phi) is 4.61. The van der Waals surface area contributed by atoms with Gasteiger partial charge in [0.15, 0.2) is 5.78 Å².